The summed E-state index contributed by atoms with van der Waals surface area (Å²) in [5, 5.41) is 3.97. The van der Waals surface area contributed by atoms with E-state index < -0.39 is 0 Å². The smallest absolute Gasteiger partial charge is 0.0287 e. The molecule has 0 aliphatic carbocycles. The van der Waals surface area contributed by atoms with E-state index in [1.165, 1.54) is 4.41 Å². The molecule has 0 rings (SSSR count). The maximum Gasteiger partial charge on any atom is 0.0287 e. The van der Waals surface area contributed by atoms with Crippen molar-refractivity contribution in [3.63, 3.8) is 0 Å². The summed E-state index contributed by atoms with van der Waals surface area (Å²) in [7, 11) is 0. The minimum Gasteiger partial charge on any atom is -0.218 e. The Morgan fingerprint density at radius 3 is 2.80 bits per heavy atom. The van der Waals surface area contributed by atoms with Gasteiger partial charge in [-0.05, 0) is 25.2 Å². The number of hydrogen-bond donors (Lipinski definition) is 1. The van der Waals surface area contributed by atoms with Gasteiger partial charge in [0.15, 0.2) is 0 Å². The summed E-state index contributed by atoms with van der Waals surface area (Å²) in [6.07, 6.45) is 4.50. The number of nitrogens with zero attached hydrogens (tertiary/aromatic N) is 2. The van der Waals surface area contributed by atoms with E-state index in [2.05, 4.69) is 38.3 Å². The molecular formula is C7H14N2S. The maximum atomic E-state index is 3.97. The van der Waals surface area contributed by atoms with Crippen molar-refractivity contribution in [1.29, 1.82) is 0 Å². The molecule has 58 valence electrons. The summed E-state index contributed by atoms with van der Waals surface area (Å²) in [5.74, 6) is 0.509. The van der Waals surface area contributed by atoms with Crippen LogP contribution in [0.15, 0.2) is 17.9 Å². The van der Waals surface area contributed by atoms with Crippen molar-refractivity contribution in [2.75, 3.05) is 0 Å². The third-order valence-electron chi connectivity index (χ3n) is 1.25. The molecule has 0 radical (unpaired) electrons. The van der Waals surface area contributed by atoms with E-state index in [1.54, 1.807) is 6.20 Å². The Bertz CT molecular complexity index is 123. The quantitative estimate of drug-likeness (QED) is 0.377. The van der Waals surface area contributed by atoms with E-state index in [9.17, 15) is 0 Å². The first-order valence-corrected chi connectivity index (χ1v) is 3.75. The van der Waals surface area contributed by atoms with E-state index in [0.29, 0.717) is 5.92 Å². The molecule has 0 spiro atoms. The Morgan fingerprint density at radius 2 is 2.40 bits per heavy atom. The van der Waals surface area contributed by atoms with Crippen LogP contribution >= 0.6 is 12.8 Å². The Kier molecular flexibility index (Phi) is 5.12. The fraction of sp³-hybridized carbons (Fsp3) is 0.571. The lowest BCUT2D eigenvalue weighted by Crippen LogP contribution is -1.98. The highest BCUT2D eigenvalue weighted by molar-refractivity contribution is 7.77. The topological polar surface area (TPSA) is 15.6 Å². The first kappa shape index (κ1) is 9.56. The fourth-order valence-electron chi connectivity index (χ4n) is 0.335. The molecule has 3 heteroatoms. The predicted octanol–water partition coefficient (Wildman–Crippen LogP) is 2.31. The van der Waals surface area contributed by atoms with Gasteiger partial charge in [-0.3, -0.25) is 0 Å². The Labute approximate surface area is 68.2 Å². The van der Waals surface area contributed by atoms with Crippen LogP contribution in [0.25, 0.3) is 0 Å². The SMILES string of the molecule is C=CN(S)/N=C\C(C)CC. The number of thiol groups is 1. The van der Waals surface area contributed by atoms with Crippen molar-refractivity contribution < 1.29 is 0 Å². The van der Waals surface area contributed by atoms with E-state index in [0.717, 1.165) is 6.42 Å². The van der Waals surface area contributed by atoms with Gasteiger partial charge in [-0.15, -0.1) is 0 Å². The molecule has 0 saturated heterocycles. The third kappa shape index (κ3) is 4.44. The predicted molar refractivity (Wildman–Crippen MR) is 49.0 cm³/mol. The number of rotatable bonds is 4. The van der Waals surface area contributed by atoms with Crippen molar-refractivity contribution in [3.8, 4) is 0 Å². The molecule has 0 heterocycles. The van der Waals surface area contributed by atoms with Gasteiger partial charge in [0.25, 0.3) is 0 Å². The van der Waals surface area contributed by atoms with E-state index in [-0.39, 0.29) is 0 Å². The zero-order valence-corrected chi connectivity index (χ0v) is 7.38. The standard InChI is InChI=1S/C7H14N2S/c1-4-7(3)6-8-9(10)5-2/h5-7,10H,2,4H2,1,3H3/b8-6-. The molecule has 2 nitrogen and oxygen atoms in total. The van der Waals surface area contributed by atoms with Gasteiger partial charge in [0.2, 0.25) is 0 Å². The highest BCUT2D eigenvalue weighted by Crippen LogP contribution is 1.98. The lowest BCUT2D eigenvalue weighted by atomic mass is 10.1. The third-order valence-corrected chi connectivity index (χ3v) is 1.51. The highest BCUT2D eigenvalue weighted by atomic mass is 32.1. The molecule has 0 aliphatic heterocycles. The van der Waals surface area contributed by atoms with Crippen LogP contribution in [-0.4, -0.2) is 10.6 Å². The molecule has 0 saturated carbocycles. The van der Waals surface area contributed by atoms with Crippen LogP contribution < -0.4 is 0 Å². The molecule has 0 aromatic carbocycles. The second-order valence-corrected chi connectivity index (χ2v) is 2.56. The summed E-state index contributed by atoms with van der Waals surface area (Å²) in [4.78, 5) is 0. The average Bonchev–Trinajstić information content (AvgIpc) is 1.99. The average molecular weight is 158 g/mol. The molecule has 0 aromatic heterocycles. The van der Waals surface area contributed by atoms with Gasteiger partial charge in [-0.25, -0.2) is 4.41 Å². The molecule has 0 aliphatic rings. The maximum absolute atomic E-state index is 3.97. The lowest BCUT2D eigenvalue weighted by Gasteiger charge is -2.04. The molecule has 0 amide bonds. The van der Waals surface area contributed by atoms with Gasteiger partial charge in [-0.1, -0.05) is 20.4 Å². The summed E-state index contributed by atoms with van der Waals surface area (Å²) in [5.41, 5.74) is 0. The van der Waals surface area contributed by atoms with Crippen molar-refractivity contribution in [2.24, 2.45) is 11.0 Å². The minimum atomic E-state index is 0.509. The first-order valence-electron chi connectivity index (χ1n) is 3.35. The van der Waals surface area contributed by atoms with Crippen LogP contribution in [0.3, 0.4) is 0 Å². The number of hydrogen-bond acceptors (Lipinski definition) is 3. The summed E-state index contributed by atoms with van der Waals surface area (Å²) >= 11 is 3.96. The van der Waals surface area contributed by atoms with Crippen LogP contribution in [0.5, 0.6) is 0 Å². The Hall–Kier alpha value is -0.440. The van der Waals surface area contributed by atoms with E-state index >= 15 is 0 Å². The second kappa shape index (κ2) is 5.35. The Balaban J connectivity index is 3.62. The van der Waals surface area contributed by atoms with Gasteiger partial charge in [-0.2, -0.15) is 5.10 Å². The van der Waals surface area contributed by atoms with Crippen LogP contribution in [0.2, 0.25) is 0 Å². The van der Waals surface area contributed by atoms with Crippen LogP contribution in [-0.2, 0) is 0 Å². The monoisotopic (exact) mass is 158 g/mol. The van der Waals surface area contributed by atoms with Crippen LogP contribution in [0.4, 0.5) is 0 Å². The lowest BCUT2D eigenvalue weighted by molar-refractivity contribution is 0.666. The van der Waals surface area contributed by atoms with Gasteiger partial charge in [0.1, 0.15) is 0 Å². The molecule has 0 N–H and O–H groups in total. The minimum absolute atomic E-state index is 0.509. The normalized spacial score (nSPS) is 13.5. The molecule has 10 heavy (non-hydrogen) atoms. The van der Waals surface area contributed by atoms with Crippen molar-refractivity contribution in [2.45, 2.75) is 20.3 Å². The van der Waals surface area contributed by atoms with Gasteiger partial charge >= 0.3 is 0 Å². The molecule has 0 bridgehead atoms. The van der Waals surface area contributed by atoms with Gasteiger partial charge < -0.3 is 0 Å². The first-order chi connectivity index (χ1) is 4.70. The second-order valence-electron chi connectivity index (χ2n) is 2.15. The van der Waals surface area contributed by atoms with Gasteiger partial charge in [0.05, 0.1) is 0 Å². The zero-order chi connectivity index (χ0) is 7.98. The van der Waals surface area contributed by atoms with Crippen LogP contribution in [0.1, 0.15) is 20.3 Å². The van der Waals surface area contributed by atoms with E-state index in [4.69, 9.17) is 0 Å². The zero-order valence-electron chi connectivity index (χ0n) is 6.49. The molecule has 0 aromatic rings. The molecular weight excluding hydrogens is 144 g/mol. The van der Waals surface area contributed by atoms with Crippen molar-refractivity contribution in [3.05, 3.63) is 12.8 Å². The summed E-state index contributed by atoms with van der Waals surface area (Å²) in [6, 6.07) is 0. The van der Waals surface area contributed by atoms with Gasteiger partial charge in [0, 0.05) is 12.4 Å². The van der Waals surface area contributed by atoms with E-state index in [1.807, 2.05) is 6.21 Å². The molecule has 1 atom stereocenters. The largest absolute Gasteiger partial charge is 0.218 e. The number of hydrazone groups is 1. The molecule has 1 unspecified atom stereocenters. The molecule has 0 fully saturated rings. The van der Waals surface area contributed by atoms with Crippen molar-refractivity contribution in [1.82, 2.24) is 4.41 Å². The van der Waals surface area contributed by atoms with Crippen LogP contribution in [0, 0.1) is 5.92 Å². The van der Waals surface area contributed by atoms with Crippen molar-refractivity contribution >= 4 is 19.0 Å². The fourth-order valence-corrected chi connectivity index (χ4v) is 0.394. The summed E-state index contributed by atoms with van der Waals surface area (Å²) < 4.78 is 1.40. The Morgan fingerprint density at radius 1 is 1.80 bits per heavy atom. The summed E-state index contributed by atoms with van der Waals surface area (Å²) in [6.45, 7) is 7.72. The highest BCUT2D eigenvalue weighted by Gasteiger charge is 1.91.